The highest BCUT2D eigenvalue weighted by molar-refractivity contribution is 5.98. The third kappa shape index (κ3) is 3.03. The van der Waals surface area contributed by atoms with Crippen molar-refractivity contribution >= 4 is 17.7 Å². The van der Waals surface area contributed by atoms with Crippen molar-refractivity contribution in [2.45, 2.75) is 6.42 Å². The van der Waals surface area contributed by atoms with Gasteiger partial charge in [-0.25, -0.2) is 0 Å². The molecule has 6 heteroatoms. The summed E-state index contributed by atoms with van der Waals surface area (Å²) in [7, 11) is 2.89. The van der Waals surface area contributed by atoms with Gasteiger partial charge in [-0.1, -0.05) is 12.2 Å². The number of hydrogen-bond donors (Lipinski definition) is 0. The van der Waals surface area contributed by atoms with Crippen LogP contribution in [0.2, 0.25) is 0 Å². The number of Topliss-reactive ketones (excluding diaryl/α,β-unsaturated/α-hetero) is 1. The first-order valence-corrected chi connectivity index (χ1v) is 9.15. The summed E-state index contributed by atoms with van der Waals surface area (Å²) in [6.45, 7) is -0.343. The Kier molecular flexibility index (Phi) is 4.50. The zero-order valence-corrected chi connectivity index (χ0v) is 15.3. The molecule has 0 aliphatic heterocycles. The number of ether oxygens (including phenoxy) is 3. The van der Waals surface area contributed by atoms with Crippen LogP contribution in [0.5, 0.6) is 5.75 Å². The first kappa shape index (κ1) is 17.8. The lowest BCUT2D eigenvalue weighted by molar-refractivity contribution is -0.165. The second kappa shape index (κ2) is 6.83. The molecular formula is C21H22O6. The molecular weight excluding hydrogens is 348 g/mol. The molecule has 0 radical (unpaired) electrons. The lowest BCUT2D eigenvalue weighted by atomic mass is 9.62. The maximum atomic E-state index is 12.8. The van der Waals surface area contributed by atoms with Gasteiger partial charge in [0.15, 0.2) is 12.4 Å². The van der Waals surface area contributed by atoms with Gasteiger partial charge in [-0.15, -0.1) is 0 Å². The fourth-order valence-electron chi connectivity index (χ4n) is 4.75. The van der Waals surface area contributed by atoms with Crippen LogP contribution in [0.15, 0.2) is 36.4 Å². The fraction of sp³-hybridized carbons (Fsp3) is 0.476. The van der Waals surface area contributed by atoms with E-state index < -0.39 is 17.8 Å². The quantitative estimate of drug-likeness (QED) is 0.434. The molecule has 6 atom stereocenters. The lowest BCUT2D eigenvalue weighted by Gasteiger charge is -2.41. The van der Waals surface area contributed by atoms with Crippen molar-refractivity contribution in [3.05, 3.63) is 42.0 Å². The van der Waals surface area contributed by atoms with Gasteiger partial charge in [0.05, 0.1) is 26.1 Å². The van der Waals surface area contributed by atoms with Crippen molar-refractivity contribution in [2.75, 3.05) is 20.8 Å². The van der Waals surface area contributed by atoms with Crippen LogP contribution in [0.1, 0.15) is 16.8 Å². The number of fused-ring (bicyclic) bond motifs is 1. The van der Waals surface area contributed by atoms with Crippen LogP contribution >= 0.6 is 0 Å². The standard InChI is InChI=1S/C21H22O6/c1-25-12-5-3-11(4-6-12)17(22)10-27-21(24)19-14-8-7-13(15-9-16(14)15)18(19)20(23)26-2/h3-8,13-16,18-19H,9-10H2,1-2H3/t13-,14+,15-,16-,18+,19-/m1/s1. The summed E-state index contributed by atoms with van der Waals surface area (Å²) in [6.07, 6.45) is 5.12. The first-order chi connectivity index (χ1) is 13.0. The summed E-state index contributed by atoms with van der Waals surface area (Å²) in [6, 6.07) is 6.62. The third-order valence-corrected chi connectivity index (χ3v) is 6.15. The van der Waals surface area contributed by atoms with Crippen LogP contribution in [0.3, 0.4) is 0 Å². The minimum atomic E-state index is -0.570. The summed E-state index contributed by atoms with van der Waals surface area (Å²) in [5, 5.41) is 0. The Morgan fingerprint density at radius 1 is 0.926 bits per heavy atom. The van der Waals surface area contributed by atoms with Gasteiger partial charge >= 0.3 is 11.9 Å². The monoisotopic (exact) mass is 370 g/mol. The Morgan fingerprint density at radius 3 is 2.07 bits per heavy atom. The van der Waals surface area contributed by atoms with Gasteiger partial charge in [0.25, 0.3) is 0 Å². The van der Waals surface area contributed by atoms with Gasteiger partial charge in [-0.3, -0.25) is 14.4 Å². The Hall–Kier alpha value is -2.63. The van der Waals surface area contributed by atoms with E-state index in [0.29, 0.717) is 23.1 Å². The molecule has 0 saturated heterocycles. The van der Waals surface area contributed by atoms with Crippen LogP contribution < -0.4 is 4.74 Å². The minimum Gasteiger partial charge on any atom is -0.497 e. The molecule has 27 heavy (non-hydrogen) atoms. The molecule has 1 aromatic carbocycles. The first-order valence-electron chi connectivity index (χ1n) is 9.15. The molecule has 2 fully saturated rings. The van der Waals surface area contributed by atoms with E-state index in [4.69, 9.17) is 14.2 Å². The number of benzene rings is 1. The largest absolute Gasteiger partial charge is 0.497 e. The highest BCUT2D eigenvalue weighted by Crippen LogP contribution is 2.63. The summed E-state index contributed by atoms with van der Waals surface area (Å²) in [4.78, 5) is 37.4. The topological polar surface area (TPSA) is 78.9 Å². The smallest absolute Gasteiger partial charge is 0.310 e. The van der Waals surface area contributed by atoms with Crippen molar-refractivity contribution in [1.29, 1.82) is 0 Å². The summed E-state index contributed by atoms with van der Waals surface area (Å²) < 4.78 is 15.4. The second-order valence-corrected chi connectivity index (χ2v) is 7.44. The average Bonchev–Trinajstić information content (AvgIpc) is 3.53. The number of methoxy groups -OCH3 is 2. The molecule has 4 aliphatic carbocycles. The van der Waals surface area contributed by atoms with E-state index in [1.165, 1.54) is 7.11 Å². The van der Waals surface area contributed by atoms with Gasteiger partial charge in [0.1, 0.15) is 5.75 Å². The highest BCUT2D eigenvalue weighted by Gasteiger charge is 2.63. The van der Waals surface area contributed by atoms with E-state index >= 15 is 0 Å². The van der Waals surface area contributed by atoms with Crippen molar-refractivity contribution in [2.24, 2.45) is 35.5 Å². The minimum absolute atomic E-state index is 0.00677. The molecule has 0 spiro atoms. The maximum Gasteiger partial charge on any atom is 0.310 e. The van der Waals surface area contributed by atoms with Crippen molar-refractivity contribution in [1.82, 2.24) is 0 Å². The number of esters is 2. The molecule has 5 rings (SSSR count). The van der Waals surface area contributed by atoms with Gasteiger partial charge in [-0.05, 0) is 54.4 Å². The molecule has 142 valence electrons. The van der Waals surface area contributed by atoms with E-state index in [1.807, 2.05) is 12.2 Å². The maximum absolute atomic E-state index is 12.8. The fourth-order valence-corrected chi connectivity index (χ4v) is 4.75. The van der Waals surface area contributed by atoms with Crippen LogP contribution in [0.4, 0.5) is 0 Å². The van der Waals surface area contributed by atoms with Crippen LogP contribution in [-0.4, -0.2) is 38.5 Å². The molecule has 0 unspecified atom stereocenters. The number of rotatable bonds is 6. The van der Waals surface area contributed by atoms with E-state index in [0.717, 1.165) is 6.42 Å². The lowest BCUT2D eigenvalue weighted by Crippen LogP contribution is -2.47. The SMILES string of the molecule is COC(=O)[C@H]1[C@@H]2C=C[C@@H]([C@H]3C[C@H]23)[C@H]1C(=O)OCC(=O)c1ccc(OC)cc1. The molecule has 0 heterocycles. The predicted octanol–water partition coefficient (Wildman–Crippen LogP) is 2.28. The molecule has 1 aromatic rings. The van der Waals surface area contributed by atoms with Gasteiger partial charge in [0, 0.05) is 5.56 Å². The molecule has 6 nitrogen and oxygen atoms in total. The van der Waals surface area contributed by atoms with E-state index in [1.54, 1.807) is 31.4 Å². The van der Waals surface area contributed by atoms with Crippen molar-refractivity contribution < 1.29 is 28.6 Å². The number of hydrogen-bond acceptors (Lipinski definition) is 6. The Bertz CT molecular complexity index is 795. The molecule has 4 aliphatic rings. The van der Waals surface area contributed by atoms with Crippen LogP contribution in [-0.2, 0) is 19.1 Å². The zero-order chi connectivity index (χ0) is 19.1. The zero-order valence-electron chi connectivity index (χ0n) is 15.3. The second-order valence-electron chi connectivity index (χ2n) is 7.44. The van der Waals surface area contributed by atoms with Crippen LogP contribution in [0.25, 0.3) is 0 Å². The number of allylic oxidation sites excluding steroid dienone is 2. The van der Waals surface area contributed by atoms with Crippen molar-refractivity contribution in [3.8, 4) is 5.75 Å². The summed E-state index contributed by atoms with van der Waals surface area (Å²) in [5.74, 6) is -0.660. The van der Waals surface area contributed by atoms with Crippen molar-refractivity contribution in [3.63, 3.8) is 0 Å². The molecule has 2 saturated carbocycles. The molecule has 0 aromatic heterocycles. The van der Waals surface area contributed by atoms with Gasteiger partial charge < -0.3 is 14.2 Å². The Labute approximate surface area is 157 Å². The Morgan fingerprint density at radius 2 is 1.52 bits per heavy atom. The molecule has 2 bridgehead atoms. The van der Waals surface area contributed by atoms with E-state index in [9.17, 15) is 14.4 Å². The molecule has 0 amide bonds. The molecule has 0 N–H and O–H groups in total. The average molecular weight is 370 g/mol. The Balaban J connectivity index is 1.44. The normalized spacial score (nSPS) is 32.4. The number of ketones is 1. The van der Waals surface area contributed by atoms with E-state index in [-0.39, 0.29) is 30.2 Å². The van der Waals surface area contributed by atoms with Gasteiger partial charge in [-0.2, -0.15) is 0 Å². The van der Waals surface area contributed by atoms with Gasteiger partial charge in [0.2, 0.25) is 0 Å². The number of carbonyl (C=O) groups is 3. The van der Waals surface area contributed by atoms with E-state index in [2.05, 4.69) is 0 Å². The number of carbonyl (C=O) groups excluding carboxylic acids is 3. The van der Waals surface area contributed by atoms with Crippen LogP contribution in [0, 0.1) is 35.5 Å². The third-order valence-electron chi connectivity index (χ3n) is 6.15. The summed E-state index contributed by atoms with van der Waals surface area (Å²) in [5.41, 5.74) is 0.445. The predicted molar refractivity (Wildman–Crippen MR) is 95.0 cm³/mol. The summed E-state index contributed by atoms with van der Waals surface area (Å²) >= 11 is 0. The highest BCUT2D eigenvalue weighted by atomic mass is 16.5.